The number of rotatable bonds is 17. The van der Waals surface area contributed by atoms with Crippen LogP contribution in [0.3, 0.4) is 0 Å². The molecule has 27 heavy (non-hydrogen) atoms. The van der Waals surface area contributed by atoms with E-state index in [1.807, 2.05) is 11.3 Å². The van der Waals surface area contributed by atoms with Gasteiger partial charge in [-0.3, -0.25) is 0 Å². The van der Waals surface area contributed by atoms with Crippen LogP contribution >= 0.6 is 11.3 Å². The molecular formula is C26H48S. The van der Waals surface area contributed by atoms with Gasteiger partial charge in [-0.05, 0) is 29.2 Å². The van der Waals surface area contributed by atoms with E-state index in [1.165, 1.54) is 103 Å². The first-order valence-electron chi connectivity index (χ1n) is 12.1. The first-order valence-corrected chi connectivity index (χ1v) is 13.0. The lowest BCUT2D eigenvalue weighted by molar-refractivity contribution is 0.301. The molecule has 0 aliphatic carbocycles. The van der Waals surface area contributed by atoms with Gasteiger partial charge < -0.3 is 0 Å². The molecule has 0 aliphatic rings. The summed E-state index contributed by atoms with van der Waals surface area (Å²) in [5.41, 5.74) is 0.390. The summed E-state index contributed by atoms with van der Waals surface area (Å²) in [4.78, 5) is 1.59. The predicted octanol–water partition coefficient (Wildman–Crippen LogP) is 10.1. The van der Waals surface area contributed by atoms with E-state index >= 15 is 0 Å². The van der Waals surface area contributed by atoms with Gasteiger partial charge >= 0.3 is 0 Å². The van der Waals surface area contributed by atoms with Crippen molar-refractivity contribution in [2.75, 3.05) is 0 Å². The summed E-state index contributed by atoms with van der Waals surface area (Å²) < 4.78 is 0. The molecular weight excluding hydrogens is 344 g/mol. The monoisotopic (exact) mass is 392 g/mol. The first-order chi connectivity index (χ1) is 13.1. The van der Waals surface area contributed by atoms with Crippen LogP contribution in [0.5, 0.6) is 0 Å². The Hall–Kier alpha value is -0.300. The molecule has 1 atom stereocenters. The summed E-state index contributed by atoms with van der Waals surface area (Å²) in [6.07, 6.45) is 23.1. The predicted molar refractivity (Wildman–Crippen MR) is 126 cm³/mol. The van der Waals surface area contributed by atoms with Crippen molar-refractivity contribution < 1.29 is 0 Å². The molecule has 0 N–H and O–H groups in total. The van der Waals surface area contributed by atoms with Crippen molar-refractivity contribution in [2.45, 2.75) is 136 Å². The van der Waals surface area contributed by atoms with E-state index in [-0.39, 0.29) is 0 Å². The maximum Gasteiger partial charge on any atom is 0.00814 e. The Morgan fingerprint density at radius 1 is 0.704 bits per heavy atom. The number of hydrogen-bond acceptors (Lipinski definition) is 1. The molecule has 1 aromatic heterocycles. The highest BCUT2D eigenvalue weighted by molar-refractivity contribution is 7.10. The number of unbranched alkanes of at least 4 members (excludes halogenated alkanes) is 14. The van der Waals surface area contributed by atoms with E-state index < -0.39 is 0 Å². The van der Waals surface area contributed by atoms with E-state index in [2.05, 4.69) is 45.2 Å². The standard InChI is InChI=1S/C26H48S/c1-5-6-7-8-9-10-11-12-13-14-15-16-17-18-19-21-24(26(2,3)4)25-22-20-23-27-25/h20,22-24H,5-19,21H2,1-4H3. The molecule has 1 heterocycles. The van der Waals surface area contributed by atoms with E-state index in [4.69, 9.17) is 0 Å². The summed E-state index contributed by atoms with van der Waals surface area (Å²) in [6, 6.07) is 4.55. The first kappa shape index (κ1) is 24.7. The Kier molecular flexibility index (Phi) is 14.3. The second kappa shape index (κ2) is 15.6. The minimum Gasteiger partial charge on any atom is -0.149 e. The van der Waals surface area contributed by atoms with Gasteiger partial charge in [0, 0.05) is 4.88 Å². The van der Waals surface area contributed by atoms with Crippen LogP contribution in [-0.4, -0.2) is 0 Å². The molecule has 0 bridgehead atoms. The lowest BCUT2D eigenvalue weighted by atomic mass is 9.77. The van der Waals surface area contributed by atoms with Crippen LogP contribution in [0.2, 0.25) is 0 Å². The summed E-state index contributed by atoms with van der Waals surface area (Å²) in [5, 5.41) is 2.24. The molecule has 0 radical (unpaired) electrons. The Morgan fingerprint density at radius 3 is 1.52 bits per heavy atom. The van der Waals surface area contributed by atoms with Gasteiger partial charge in [0.15, 0.2) is 0 Å². The average molecular weight is 393 g/mol. The van der Waals surface area contributed by atoms with Crippen molar-refractivity contribution in [3.63, 3.8) is 0 Å². The maximum absolute atomic E-state index is 2.41. The van der Waals surface area contributed by atoms with E-state index in [0.29, 0.717) is 5.41 Å². The van der Waals surface area contributed by atoms with Crippen molar-refractivity contribution in [1.29, 1.82) is 0 Å². The summed E-state index contributed by atoms with van der Waals surface area (Å²) in [7, 11) is 0. The van der Waals surface area contributed by atoms with Crippen molar-refractivity contribution >= 4 is 11.3 Å². The van der Waals surface area contributed by atoms with Crippen LogP contribution in [0.15, 0.2) is 17.5 Å². The van der Waals surface area contributed by atoms with Crippen LogP contribution in [-0.2, 0) is 0 Å². The van der Waals surface area contributed by atoms with Crippen LogP contribution in [0, 0.1) is 5.41 Å². The molecule has 0 amide bonds. The van der Waals surface area contributed by atoms with Crippen LogP contribution in [0.4, 0.5) is 0 Å². The van der Waals surface area contributed by atoms with Crippen LogP contribution < -0.4 is 0 Å². The summed E-state index contributed by atoms with van der Waals surface area (Å²) >= 11 is 1.95. The van der Waals surface area contributed by atoms with Crippen molar-refractivity contribution in [3.8, 4) is 0 Å². The van der Waals surface area contributed by atoms with Gasteiger partial charge in [-0.2, -0.15) is 0 Å². The molecule has 158 valence electrons. The van der Waals surface area contributed by atoms with E-state index in [9.17, 15) is 0 Å². The van der Waals surface area contributed by atoms with Gasteiger partial charge in [-0.15, -0.1) is 11.3 Å². The Labute approximate surface area is 175 Å². The fourth-order valence-electron chi connectivity index (χ4n) is 4.21. The average Bonchev–Trinajstić information content (AvgIpc) is 3.14. The zero-order valence-electron chi connectivity index (χ0n) is 19.0. The molecule has 1 unspecified atom stereocenters. The molecule has 0 spiro atoms. The molecule has 0 aromatic carbocycles. The molecule has 0 saturated heterocycles. The number of thiophene rings is 1. The minimum absolute atomic E-state index is 0.390. The smallest absolute Gasteiger partial charge is 0.00814 e. The second-order valence-corrected chi connectivity index (χ2v) is 10.7. The molecule has 0 aliphatic heterocycles. The van der Waals surface area contributed by atoms with Crippen molar-refractivity contribution in [2.24, 2.45) is 5.41 Å². The fraction of sp³-hybridized carbons (Fsp3) is 0.846. The van der Waals surface area contributed by atoms with Crippen LogP contribution in [0.1, 0.15) is 141 Å². The van der Waals surface area contributed by atoms with Crippen molar-refractivity contribution in [3.05, 3.63) is 22.4 Å². The molecule has 1 aromatic rings. The normalized spacial score (nSPS) is 13.2. The van der Waals surface area contributed by atoms with Gasteiger partial charge in [-0.25, -0.2) is 0 Å². The van der Waals surface area contributed by atoms with Gasteiger partial charge in [0.2, 0.25) is 0 Å². The highest BCUT2D eigenvalue weighted by Gasteiger charge is 2.26. The topological polar surface area (TPSA) is 0 Å². The van der Waals surface area contributed by atoms with Gasteiger partial charge in [0.1, 0.15) is 0 Å². The maximum atomic E-state index is 2.41. The highest BCUT2D eigenvalue weighted by Crippen LogP contribution is 2.40. The lowest BCUT2D eigenvalue weighted by Crippen LogP contribution is -2.17. The minimum atomic E-state index is 0.390. The van der Waals surface area contributed by atoms with Gasteiger partial charge in [-0.1, -0.05) is 130 Å². The molecule has 0 fully saturated rings. The summed E-state index contributed by atoms with van der Waals surface area (Å²) in [6.45, 7) is 9.52. The Balaban J connectivity index is 1.91. The zero-order chi connectivity index (χ0) is 19.8. The van der Waals surface area contributed by atoms with Gasteiger partial charge in [0.05, 0.1) is 0 Å². The molecule has 0 saturated carbocycles. The lowest BCUT2D eigenvalue weighted by Gasteiger charge is -2.30. The quantitative estimate of drug-likeness (QED) is 0.231. The molecule has 1 rings (SSSR count). The third-order valence-electron chi connectivity index (χ3n) is 6.03. The van der Waals surface area contributed by atoms with Crippen molar-refractivity contribution in [1.82, 2.24) is 0 Å². The zero-order valence-corrected chi connectivity index (χ0v) is 19.8. The van der Waals surface area contributed by atoms with E-state index in [0.717, 1.165) is 5.92 Å². The third-order valence-corrected chi connectivity index (χ3v) is 7.01. The Bertz CT molecular complexity index is 412. The molecule has 1 heteroatoms. The van der Waals surface area contributed by atoms with Gasteiger partial charge in [0.25, 0.3) is 0 Å². The molecule has 0 nitrogen and oxygen atoms in total. The van der Waals surface area contributed by atoms with E-state index in [1.54, 1.807) is 4.88 Å². The van der Waals surface area contributed by atoms with Crippen LogP contribution in [0.25, 0.3) is 0 Å². The largest absolute Gasteiger partial charge is 0.149 e. The Morgan fingerprint density at radius 2 is 1.15 bits per heavy atom. The summed E-state index contributed by atoms with van der Waals surface area (Å²) in [5.74, 6) is 0.736. The fourth-order valence-corrected chi connectivity index (χ4v) is 5.32. The second-order valence-electron chi connectivity index (χ2n) is 9.67. The SMILES string of the molecule is CCCCCCCCCCCCCCCCCC(c1cccs1)C(C)(C)C. The third kappa shape index (κ3) is 12.7. The highest BCUT2D eigenvalue weighted by atomic mass is 32.1. The number of hydrogen-bond donors (Lipinski definition) is 0.